The van der Waals surface area contributed by atoms with Crippen LogP contribution in [0.4, 0.5) is 9.93 Å². The fraction of sp³-hybridized carbons (Fsp3) is 0.471. The highest BCUT2D eigenvalue weighted by Crippen LogP contribution is 2.37. The number of anilines is 1. The Bertz CT molecular complexity index is 814. The summed E-state index contributed by atoms with van der Waals surface area (Å²) in [6, 6.07) is 5.43. The maximum Gasteiger partial charge on any atom is 0.328 e. The summed E-state index contributed by atoms with van der Waals surface area (Å²) in [5.74, 6) is 0.890. The molecule has 1 aliphatic rings. The van der Waals surface area contributed by atoms with Crippen molar-refractivity contribution in [2.24, 2.45) is 5.92 Å². The number of halogens is 2. The van der Waals surface area contributed by atoms with Crippen LogP contribution in [0.2, 0.25) is 0 Å². The zero-order chi connectivity index (χ0) is 19.7. The molecule has 2 aromatic rings. The van der Waals surface area contributed by atoms with Crippen LogP contribution in [0.25, 0.3) is 0 Å². The molecule has 3 rings (SSSR count). The summed E-state index contributed by atoms with van der Waals surface area (Å²) in [5.41, 5.74) is 0. The van der Waals surface area contributed by atoms with E-state index in [9.17, 15) is 9.90 Å². The van der Waals surface area contributed by atoms with Gasteiger partial charge in [0.05, 0.1) is 6.54 Å². The molecule has 27 heavy (non-hydrogen) atoms. The highest BCUT2D eigenvalue weighted by Gasteiger charge is 2.38. The molecule has 0 spiro atoms. The molecule has 0 aliphatic carbocycles. The first-order valence-corrected chi connectivity index (χ1v) is 10.9. The van der Waals surface area contributed by atoms with Gasteiger partial charge in [-0.3, -0.25) is 0 Å². The molecule has 10 heteroatoms. The molecule has 7 nitrogen and oxygen atoms in total. The van der Waals surface area contributed by atoms with Crippen molar-refractivity contribution in [3.8, 4) is 5.75 Å². The van der Waals surface area contributed by atoms with Crippen molar-refractivity contribution in [3.05, 3.63) is 32.2 Å². The van der Waals surface area contributed by atoms with Gasteiger partial charge < -0.3 is 14.7 Å². The summed E-state index contributed by atoms with van der Waals surface area (Å²) in [6.45, 7) is 4.41. The number of urea groups is 1. The van der Waals surface area contributed by atoms with Crippen LogP contribution < -0.4 is 9.64 Å². The molecule has 1 aliphatic heterocycles. The minimum absolute atomic E-state index is 0.186. The standard InChI is InChI=1S/C17H20Br2N4O3S/c1-4-9(2)14(26-12-6-10(18)5-11(19)7-12)15-20-21-16(27-15)23-13(24)8-22(3)17(23)25/h5-7,9,13-14,24H,4,8H2,1-3H3. The number of carbonyl (C=O) groups excluding carboxylic acids is 1. The molecular formula is C17H20Br2N4O3S. The predicted octanol–water partition coefficient (Wildman–Crippen LogP) is 4.42. The lowest BCUT2D eigenvalue weighted by molar-refractivity contribution is 0.140. The minimum Gasteiger partial charge on any atom is -0.483 e. The zero-order valence-corrected chi connectivity index (χ0v) is 19.1. The predicted molar refractivity (Wildman–Crippen MR) is 111 cm³/mol. The Kier molecular flexibility index (Phi) is 6.39. The third-order valence-electron chi connectivity index (χ3n) is 4.41. The zero-order valence-electron chi connectivity index (χ0n) is 15.1. The van der Waals surface area contributed by atoms with Crippen LogP contribution in [0.3, 0.4) is 0 Å². The van der Waals surface area contributed by atoms with E-state index in [1.807, 2.05) is 18.2 Å². The number of nitrogens with zero attached hydrogens (tertiary/aromatic N) is 4. The van der Waals surface area contributed by atoms with Crippen LogP contribution in [0.1, 0.15) is 31.4 Å². The smallest absolute Gasteiger partial charge is 0.328 e. The van der Waals surface area contributed by atoms with Crippen molar-refractivity contribution in [1.29, 1.82) is 0 Å². The molecule has 146 valence electrons. The van der Waals surface area contributed by atoms with Gasteiger partial charge in [0.15, 0.2) is 17.3 Å². The van der Waals surface area contributed by atoms with Gasteiger partial charge in [-0.15, -0.1) is 10.2 Å². The van der Waals surface area contributed by atoms with Crippen molar-refractivity contribution in [3.63, 3.8) is 0 Å². The van der Waals surface area contributed by atoms with Gasteiger partial charge >= 0.3 is 6.03 Å². The highest BCUT2D eigenvalue weighted by atomic mass is 79.9. The van der Waals surface area contributed by atoms with Gasteiger partial charge in [-0.2, -0.15) is 0 Å². The van der Waals surface area contributed by atoms with Gasteiger partial charge in [0.25, 0.3) is 0 Å². The Morgan fingerprint density at radius 3 is 2.56 bits per heavy atom. The van der Waals surface area contributed by atoms with Crippen LogP contribution in [0.15, 0.2) is 27.1 Å². The molecule has 3 atom stereocenters. The Balaban J connectivity index is 1.88. The van der Waals surface area contributed by atoms with Gasteiger partial charge in [-0.25, -0.2) is 9.69 Å². The lowest BCUT2D eigenvalue weighted by Gasteiger charge is -2.22. The van der Waals surface area contributed by atoms with Gasteiger partial charge in [0, 0.05) is 16.0 Å². The molecule has 1 saturated heterocycles. The molecular weight excluding hydrogens is 500 g/mol. The molecule has 0 saturated carbocycles. The topological polar surface area (TPSA) is 78.8 Å². The van der Waals surface area contributed by atoms with E-state index in [0.717, 1.165) is 15.4 Å². The highest BCUT2D eigenvalue weighted by molar-refractivity contribution is 9.11. The summed E-state index contributed by atoms with van der Waals surface area (Å²) in [5, 5.41) is 19.6. The normalized spacial score (nSPS) is 19.5. The molecule has 2 heterocycles. The molecule has 0 bridgehead atoms. The van der Waals surface area contributed by atoms with Crippen LogP contribution in [-0.2, 0) is 0 Å². The molecule has 1 aromatic heterocycles. The van der Waals surface area contributed by atoms with E-state index in [0.29, 0.717) is 15.9 Å². The van der Waals surface area contributed by atoms with Crippen molar-refractivity contribution in [2.75, 3.05) is 18.5 Å². The van der Waals surface area contributed by atoms with Crippen LogP contribution in [-0.4, -0.2) is 46.1 Å². The third kappa shape index (κ3) is 4.44. The average molecular weight is 520 g/mol. The van der Waals surface area contributed by atoms with E-state index >= 15 is 0 Å². The maximum absolute atomic E-state index is 12.2. The summed E-state index contributed by atoms with van der Waals surface area (Å²) in [6.07, 6.45) is -0.342. The Labute approximate surface area is 178 Å². The number of aromatic nitrogens is 2. The molecule has 3 unspecified atom stereocenters. The lowest BCUT2D eigenvalue weighted by Crippen LogP contribution is -2.34. The summed E-state index contributed by atoms with van der Waals surface area (Å²) in [4.78, 5) is 15.0. The monoisotopic (exact) mass is 518 g/mol. The molecule has 1 fully saturated rings. The Hall–Kier alpha value is -1.23. The van der Waals surface area contributed by atoms with E-state index in [4.69, 9.17) is 4.74 Å². The number of carbonyl (C=O) groups is 1. The summed E-state index contributed by atoms with van der Waals surface area (Å²) in [7, 11) is 1.64. The molecule has 1 N–H and O–H groups in total. The van der Waals surface area contributed by atoms with Gasteiger partial charge in [-0.05, 0) is 30.5 Å². The second kappa shape index (κ2) is 8.42. The third-order valence-corrected chi connectivity index (χ3v) is 6.31. The first-order chi connectivity index (χ1) is 12.8. The van der Waals surface area contributed by atoms with Crippen molar-refractivity contribution >= 4 is 54.4 Å². The summed E-state index contributed by atoms with van der Waals surface area (Å²) >= 11 is 8.20. The number of hydrogen-bond acceptors (Lipinski definition) is 6. The number of aliphatic hydroxyl groups is 1. The number of benzene rings is 1. The number of aliphatic hydroxyl groups excluding tert-OH is 1. The van der Waals surface area contributed by atoms with E-state index in [1.165, 1.54) is 21.1 Å². The first kappa shape index (κ1) is 20.5. The summed E-state index contributed by atoms with van der Waals surface area (Å²) < 4.78 is 8.05. The van der Waals surface area contributed by atoms with Gasteiger partial charge in [-0.1, -0.05) is 57.0 Å². The van der Waals surface area contributed by atoms with E-state index < -0.39 is 6.23 Å². The van der Waals surface area contributed by atoms with Crippen LogP contribution in [0.5, 0.6) is 5.75 Å². The average Bonchev–Trinajstić information content (AvgIpc) is 3.16. The first-order valence-electron chi connectivity index (χ1n) is 8.48. The van der Waals surface area contributed by atoms with Gasteiger partial charge in [0.1, 0.15) is 5.75 Å². The lowest BCUT2D eigenvalue weighted by atomic mass is 10.0. The Morgan fingerprint density at radius 1 is 1.33 bits per heavy atom. The maximum atomic E-state index is 12.2. The van der Waals surface area contributed by atoms with Gasteiger partial charge in [0.2, 0.25) is 5.13 Å². The SMILES string of the molecule is CCC(C)C(Oc1cc(Br)cc(Br)c1)c1nnc(N2C(=O)N(C)CC2O)s1. The van der Waals surface area contributed by atoms with Crippen LogP contribution >= 0.6 is 43.2 Å². The van der Waals surface area contributed by atoms with Crippen LogP contribution in [0, 0.1) is 5.92 Å². The van der Waals surface area contributed by atoms with Crippen molar-refractivity contribution in [1.82, 2.24) is 15.1 Å². The minimum atomic E-state index is -0.924. The largest absolute Gasteiger partial charge is 0.483 e. The number of likely N-dealkylation sites (N-methyl/N-ethyl adjacent to an activating group) is 1. The van der Waals surface area contributed by atoms with E-state index in [1.54, 1.807) is 7.05 Å². The fourth-order valence-corrected chi connectivity index (χ4v) is 5.03. The van der Waals surface area contributed by atoms with E-state index in [-0.39, 0.29) is 24.6 Å². The quantitative estimate of drug-likeness (QED) is 0.611. The second-order valence-corrected chi connectivity index (χ2v) is 9.28. The number of hydrogen-bond donors (Lipinski definition) is 1. The number of β-amino-alcohol motifs (C(OH)–C–C–N with tert-alkyl or cyclic N) is 1. The number of amides is 2. The van der Waals surface area contributed by atoms with E-state index in [2.05, 4.69) is 55.9 Å². The molecule has 2 amide bonds. The molecule has 1 aromatic carbocycles. The number of rotatable bonds is 6. The van der Waals surface area contributed by atoms with Crippen molar-refractivity contribution in [2.45, 2.75) is 32.6 Å². The fourth-order valence-electron chi connectivity index (χ4n) is 2.73. The Morgan fingerprint density at radius 2 is 2.00 bits per heavy atom. The number of ether oxygens (including phenoxy) is 1. The van der Waals surface area contributed by atoms with Crippen molar-refractivity contribution < 1.29 is 14.6 Å². The molecule has 0 radical (unpaired) electrons. The second-order valence-electron chi connectivity index (χ2n) is 6.47.